The van der Waals surface area contributed by atoms with Gasteiger partial charge in [-0.1, -0.05) is 35.3 Å². The van der Waals surface area contributed by atoms with Gasteiger partial charge < -0.3 is 4.74 Å². The van der Waals surface area contributed by atoms with E-state index in [4.69, 9.17) is 27.9 Å². The Kier molecular flexibility index (Phi) is 7.06. The quantitative estimate of drug-likeness (QED) is 0.255. The SMILES string of the molecule is COc1ccc(C(F)(F)F)nc1-c1ccc(CN2C(=O)CCn3nc(-c4c(Cl)cnn4C(C)C)cc32)cc1Cl. The Morgan fingerprint density at radius 2 is 1.87 bits per heavy atom. The van der Waals surface area contributed by atoms with Crippen LogP contribution in [0.4, 0.5) is 19.0 Å². The smallest absolute Gasteiger partial charge is 0.433 e. The van der Waals surface area contributed by atoms with Crippen molar-refractivity contribution in [2.75, 3.05) is 12.0 Å². The minimum absolute atomic E-state index is 0.0284. The molecule has 5 rings (SSSR count). The van der Waals surface area contributed by atoms with Crippen molar-refractivity contribution < 1.29 is 22.7 Å². The van der Waals surface area contributed by atoms with Gasteiger partial charge in [-0.05, 0) is 37.6 Å². The van der Waals surface area contributed by atoms with Crippen LogP contribution in [-0.4, -0.2) is 37.6 Å². The minimum Gasteiger partial charge on any atom is -0.494 e. The summed E-state index contributed by atoms with van der Waals surface area (Å²) in [6.07, 6.45) is -2.81. The topological polar surface area (TPSA) is 78.1 Å². The first kappa shape index (κ1) is 27.0. The van der Waals surface area contributed by atoms with Gasteiger partial charge in [0.1, 0.15) is 34.3 Å². The van der Waals surface area contributed by atoms with E-state index in [0.29, 0.717) is 34.3 Å². The largest absolute Gasteiger partial charge is 0.494 e. The van der Waals surface area contributed by atoms with Crippen LogP contribution in [0.1, 0.15) is 37.6 Å². The van der Waals surface area contributed by atoms with Gasteiger partial charge in [-0.3, -0.25) is 14.4 Å². The molecule has 1 aromatic carbocycles. The zero-order valence-corrected chi connectivity index (χ0v) is 22.6. The summed E-state index contributed by atoms with van der Waals surface area (Å²) in [7, 11) is 1.34. The number of carbonyl (C=O) groups is 1. The second-order valence-electron chi connectivity index (χ2n) is 9.28. The average Bonchev–Trinajstić information content (AvgIpc) is 3.48. The van der Waals surface area contributed by atoms with Crippen molar-refractivity contribution in [1.82, 2.24) is 24.5 Å². The molecule has 1 aliphatic rings. The third-order valence-corrected chi connectivity index (χ3v) is 6.94. The van der Waals surface area contributed by atoms with E-state index in [1.165, 1.54) is 13.2 Å². The Morgan fingerprint density at radius 1 is 1.10 bits per heavy atom. The summed E-state index contributed by atoms with van der Waals surface area (Å²) < 4.78 is 48.6. The van der Waals surface area contributed by atoms with Crippen molar-refractivity contribution in [3.63, 3.8) is 0 Å². The Morgan fingerprint density at radius 3 is 2.54 bits per heavy atom. The third-order valence-electron chi connectivity index (χ3n) is 6.35. The van der Waals surface area contributed by atoms with E-state index < -0.39 is 11.9 Å². The molecule has 1 amide bonds. The molecule has 1 aliphatic heterocycles. The first-order valence-corrected chi connectivity index (χ1v) is 12.8. The molecule has 0 fully saturated rings. The van der Waals surface area contributed by atoms with E-state index >= 15 is 0 Å². The number of carbonyl (C=O) groups excluding carboxylic acids is 1. The van der Waals surface area contributed by atoms with Crippen LogP contribution in [0.3, 0.4) is 0 Å². The van der Waals surface area contributed by atoms with Crippen molar-refractivity contribution in [3.8, 4) is 28.4 Å². The Labute approximate surface area is 231 Å². The minimum atomic E-state index is -4.62. The van der Waals surface area contributed by atoms with Crippen LogP contribution in [0.2, 0.25) is 10.0 Å². The van der Waals surface area contributed by atoms with E-state index in [-0.39, 0.29) is 46.9 Å². The molecule has 8 nitrogen and oxygen atoms in total. The number of amides is 1. The lowest BCUT2D eigenvalue weighted by Crippen LogP contribution is -2.36. The van der Waals surface area contributed by atoms with E-state index in [1.807, 2.05) is 13.8 Å². The molecule has 4 aromatic rings. The molecule has 0 unspecified atom stereocenters. The molecular formula is C26H23Cl2F3N6O2. The maximum Gasteiger partial charge on any atom is 0.433 e. The fourth-order valence-corrected chi connectivity index (χ4v) is 5.02. The highest BCUT2D eigenvalue weighted by molar-refractivity contribution is 6.33. The fraction of sp³-hybridized carbons (Fsp3) is 0.308. The van der Waals surface area contributed by atoms with Crippen molar-refractivity contribution in [3.05, 3.63) is 63.9 Å². The number of ether oxygens (including phenoxy) is 1. The van der Waals surface area contributed by atoms with Gasteiger partial charge in [0.25, 0.3) is 0 Å². The Hall–Kier alpha value is -3.57. The number of methoxy groups -OCH3 is 1. The first-order chi connectivity index (χ1) is 18.5. The van der Waals surface area contributed by atoms with Gasteiger partial charge in [0, 0.05) is 24.1 Å². The predicted octanol–water partition coefficient (Wildman–Crippen LogP) is 6.66. The number of nitrogens with zero attached hydrogens (tertiary/aromatic N) is 6. The average molecular weight is 579 g/mol. The summed E-state index contributed by atoms with van der Waals surface area (Å²) in [5.41, 5.74) is 1.12. The van der Waals surface area contributed by atoms with E-state index in [0.717, 1.165) is 6.07 Å². The van der Waals surface area contributed by atoms with Crippen LogP contribution in [0, 0.1) is 0 Å². The first-order valence-electron chi connectivity index (χ1n) is 12.0. The normalized spacial score (nSPS) is 13.8. The van der Waals surface area contributed by atoms with Crippen LogP contribution in [0.5, 0.6) is 5.75 Å². The number of hydrogen-bond acceptors (Lipinski definition) is 5. The molecule has 13 heteroatoms. The molecule has 3 aromatic heterocycles. The standard InChI is InChI=1S/C26H23Cl2F3N6O2/c1-14(2)37-25(18(28)12-32-37)19-11-22-35(23(38)8-9-36(22)34-19)13-15-4-5-16(17(27)10-15)24-20(39-3)6-7-21(33-24)26(29,30)31/h4-7,10-12,14H,8-9,13H2,1-3H3. The lowest BCUT2D eigenvalue weighted by Gasteiger charge is -2.27. The van der Waals surface area contributed by atoms with Gasteiger partial charge in [-0.2, -0.15) is 23.4 Å². The number of fused-ring (bicyclic) bond motifs is 1. The van der Waals surface area contributed by atoms with Crippen molar-refractivity contribution in [2.24, 2.45) is 0 Å². The molecule has 0 radical (unpaired) electrons. The van der Waals surface area contributed by atoms with Crippen LogP contribution in [0.15, 0.2) is 42.6 Å². The van der Waals surface area contributed by atoms with Gasteiger partial charge in [-0.25, -0.2) is 9.67 Å². The van der Waals surface area contributed by atoms with Gasteiger partial charge in [0.15, 0.2) is 0 Å². The highest BCUT2D eigenvalue weighted by atomic mass is 35.5. The van der Waals surface area contributed by atoms with E-state index in [9.17, 15) is 18.0 Å². The van der Waals surface area contributed by atoms with Crippen LogP contribution in [-0.2, 0) is 24.1 Å². The summed E-state index contributed by atoms with van der Waals surface area (Å²) in [6, 6.07) is 8.77. The molecule has 204 valence electrons. The second kappa shape index (κ2) is 10.2. The molecule has 0 aliphatic carbocycles. The molecule has 0 saturated carbocycles. The summed E-state index contributed by atoms with van der Waals surface area (Å²) in [4.78, 5) is 18.3. The number of aromatic nitrogens is 5. The number of pyridine rings is 1. The maximum absolute atomic E-state index is 13.3. The molecular weight excluding hydrogens is 556 g/mol. The molecule has 0 bridgehead atoms. The fourth-order valence-electron chi connectivity index (χ4n) is 4.50. The number of halogens is 5. The van der Waals surface area contributed by atoms with Crippen LogP contribution < -0.4 is 9.64 Å². The monoisotopic (exact) mass is 578 g/mol. The third kappa shape index (κ3) is 5.08. The lowest BCUT2D eigenvalue weighted by molar-refractivity contribution is -0.141. The van der Waals surface area contributed by atoms with E-state index in [2.05, 4.69) is 15.2 Å². The summed E-state index contributed by atoms with van der Waals surface area (Å²) >= 11 is 12.9. The summed E-state index contributed by atoms with van der Waals surface area (Å²) in [5.74, 6) is 0.647. The number of alkyl halides is 3. The highest BCUT2D eigenvalue weighted by Gasteiger charge is 2.34. The van der Waals surface area contributed by atoms with Crippen LogP contribution in [0.25, 0.3) is 22.6 Å². The maximum atomic E-state index is 13.3. The van der Waals surface area contributed by atoms with Gasteiger partial charge in [0.2, 0.25) is 5.91 Å². The molecule has 39 heavy (non-hydrogen) atoms. The molecule has 0 saturated heterocycles. The van der Waals surface area contributed by atoms with Crippen molar-refractivity contribution >= 4 is 34.9 Å². The summed E-state index contributed by atoms with van der Waals surface area (Å²) in [5, 5.41) is 9.64. The van der Waals surface area contributed by atoms with Crippen molar-refractivity contribution in [2.45, 2.75) is 45.6 Å². The number of anilines is 1. The highest BCUT2D eigenvalue weighted by Crippen LogP contribution is 2.38. The van der Waals surface area contributed by atoms with Crippen molar-refractivity contribution in [1.29, 1.82) is 0 Å². The predicted molar refractivity (Wildman–Crippen MR) is 141 cm³/mol. The number of benzene rings is 1. The Balaban J connectivity index is 1.48. The number of rotatable bonds is 6. The summed E-state index contributed by atoms with van der Waals surface area (Å²) in [6.45, 7) is 4.56. The van der Waals surface area contributed by atoms with Gasteiger partial charge in [0.05, 0.1) is 36.4 Å². The Bertz CT molecular complexity index is 1560. The van der Waals surface area contributed by atoms with Gasteiger partial charge >= 0.3 is 6.18 Å². The molecule has 4 heterocycles. The molecule has 0 N–H and O–H groups in total. The zero-order valence-electron chi connectivity index (χ0n) is 21.1. The van der Waals surface area contributed by atoms with E-state index in [1.54, 1.807) is 44.7 Å². The number of aryl methyl sites for hydroxylation is 1. The molecule has 0 spiro atoms. The van der Waals surface area contributed by atoms with Gasteiger partial charge in [-0.15, -0.1) is 0 Å². The lowest BCUT2D eigenvalue weighted by atomic mass is 10.1. The molecule has 0 atom stereocenters. The second-order valence-corrected chi connectivity index (χ2v) is 10.1. The van der Waals surface area contributed by atoms with Crippen LogP contribution >= 0.6 is 23.2 Å². The zero-order chi connectivity index (χ0) is 28.1. The number of hydrogen-bond donors (Lipinski definition) is 0.